The van der Waals surface area contributed by atoms with Crippen LogP contribution in [0.3, 0.4) is 0 Å². The number of ether oxygens (including phenoxy) is 2. The normalized spacial score (nSPS) is 13.6. The summed E-state index contributed by atoms with van der Waals surface area (Å²) in [6.45, 7) is 0.322. The van der Waals surface area contributed by atoms with Crippen molar-refractivity contribution in [3.05, 3.63) is 94.5 Å². The van der Waals surface area contributed by atoms with Crippen LogP contribution in [-0.2, 0) is 35.3 Å². The third kappa shape index (κ3) is 5.57. The molecule has 7 nitrogen and oxygen atoms in total. The molecule has 0 aromatic heterocycles. The zero-order valence-electron chi connectivity index (χ0n) is 20.2. The number of nitrogens with two attached hydrogens (primary N) is 1. The maximum atomic E-state index is 13.2. The van der Waals surface area contributed by atoms with Gasteiger partial charge in [0, 0.05) is 18.4 Å². The second-order valence-corrected chi connectivity index (χ2v) is 9.23. The highest BCUT2D eigenvalue weighted by molar-refractivity contribution is 5.99. The molecular formula is C29H29NO6. The standard InChI is InChI=1S/C29H29NO6/c1-35-25-10-9-21(15-26(25)36-12-11-19-5-4-6-20(13-19)14-27(30)32)24(31)18-29(28(33)34)16-22-7-2-3-8-23(22)17-29/h2-10,13,15H,11-12,14,16-18H2,1H3,(H2,30,32)(H,33,34). The van der Waals surface area contributed by atoms with Crippen LogP contribution < -0.4 is 15.2 Å². The molecule has 0 saturated heterocycles. The predicted octanol–water partition coefficient (Wildman–Crippen LogP) is 3.79. The number of primary amides is 1. The second-order valence-electron chi connectivity index (χ2n) is 9.23. The number of amides is 1. The number of fused-ring (bicyclic) bond motifs is 1. The number of methoxy groups -OCH3 is 1. The van der Waals surface area contributed by atoms with E-state index in [1.54, 1.807) is 18.2 Å². The highest BCUT2D eigenvalue weighted by atomic mass is 16.5. The Bertz CT molecular complexity index is 1270. The number of aliphatic carboxylic acids is 1. The lowest BCUT2D eigenvalue weighted by Crippen LogP contribution is -2.34. The summed E-state index contributed by atoms with van der Waals surface area (Å²) in [5, 5.41) is 10.0. The second kappa shape index (κ2) is 10.6. The highest BCUT2D eigenvalue weighted by Gasteiger charge is 2.45. The van der Waals surface area contributed by atoms with E-state index in [4.69, 9.17) is 15.2 Å². The minimum Gasteiger partial charge on any atom is -0.493 e. The van der Waals surface area contributed by atoms with Crippen LogP contribution in [0.4, 0.5) is 0 Å². The molecule has 1 aliphatic rings. The molecule has 0 fully saturated rings. The quantitative estimate of drug-likeness (QED) is 0.398. The molecule has 0 heterocycles. The Balaban J connectivity index is 1.46. The van der Waals surface area contributed by atoms with Gasteiger partial charge >= 0.3 is 5.97 Å². The number of benzene rings is 3. The molecule has 7 heteroatoms. The zero-order valence-corrected chi connectivity index (χ0v) is 20.2. The zero-order chi connectivity index (χ0) is 25.7. The van der Waals surface area contributed by atoms with E-state index in [0.717, 1.165) is 22.3 Å². The van der Waals surface area contributed by atoms with Gasteiger partial charge in [-0.05, 0) is 53.3 Å². The number of carbonyl (C=O) groups excluding carboxylic acids is 2. The smallest absolute Gasteiger partial charge is 0.310 e. The molecule has 0 spiro atoms. The van der Waals surface area contributed by atoms with E-state index < -0.39 is 11.4 Å². The lowest BCUT2D eigenvalue weighted by Gasteiger charge is -2.23. The van der Waals surface area contributed by atoms with Crippen LogP contribution in [0.25, 0.3) is 0 Å². The first-order chi connectivity index (χ1) is 17.3. The molecule has 4 rings (SSSR count). The van der Waals surface area contributed by atoms with Crippen molar-refractivity contribution in [2.45, 2.75) is 32.1 Å². The van der Waals surface area contributed by atoms with Gasteiger partial charge in [-0.3, -0.25) is 14.4 Å². The Morgan fingerprint density at radius 1 is 0.917 bits per heavy atom. The Labute approximate surface area is 209 Å². The van der Waals surface area contributed by atoms with Crippen LogP contribution >= 0.6 is 0 Å². The Hall–Kier alpha value is -4.13. The molecule has 0 radical (unpaired) electrons. The fraction of sp³-hybridized carbons (Fsp3) is 0.276. The van der Waals surface area contributed by atoms with E-state index in [1.165, 1.54) is 7.11 Å². The fourth-order valence-corrected chi connectivity index (χ4v) is 4.79. The van der Waals surface area contributed by atoms with Gasteiger partial charge < -0.3 is 20.3 Å². The van der Waals surface area contributed by atoms with Crippen molar-refractivity contribution in [3.63, 3.8) is 0 Å². The molecule has 3 aromatic rings. The minimum absolute atomic E-state index is 0.102. The molecule has 0 bridgehead atoms. The first-order valence-corrected chi connectivity index (χ1v) is 11.8. The molecule has 0 unspecified atom stereocenters. The molecule has 0 aliphatic heterocycles. The van der Waals surface area contributed by atoms with Crippen molar-refractivity contribution in [2.24, 2.45) is 11.1 Å². The molecule has 1 amide bonds. The molecule has 1 aliphatic carbocycles. The van der Waals surface area contributed by atoms with Crippen LogP contribution in [0.2, 0.25) is 0 Å². The third-order valence-electron chi connectivity index (χ3n) is 6.63. The van der Waals surface area contributed by atoms with Gasteiger partial charge in [0.15, 0.2) is 17.3 Å². The van der Waals surface area contributed by atoms with Crippen LogP contribution in [0.15, 0.2) is 66.7 Å². The van der Waals surface area contributed by atoms with E-state index in [-0.39, 0.29) is 24.5 Å². The third-order valence-corrected chi connectivity index (χ3v) is 6.63. The van der Waals surface area contributed by atoms with E-state index >= 15 is 0 Å². The Morgan fingerprint density at radius 3 is 2.25 bits per heavy atom. The topological polar surface area (TPSA) is 116 Å². The molecule has 0 atom stereocenters. The molecule has 186 valence electrons. The predicted molar refractivity (Wildman–Crippen MR) is 134 cm³/mol. The summed E-state index contributed by atoms with van der Waals surface area (Å²) >= 11 is 0. The van der Waals surface area contributed by atoms with Crippen molar-refractivity contribution in [2.75, 3.05) is 13.7 Å². The van der Waals surface area contributed by atoms with Crippen molar-refractivity contribution in [1.29, 1.82) is 0 Å². The average molecular weight is 488 g/mol. The molecular weight excluding hydrogens is 458 g/mol. The number of carboxylic acid groups (broad SMARTS) is 1. The minimum atomic E-state index is -1.16. The maximum Gasteiger partial charge on any atom is 0.310 e. The first-order valence-electron chi connectivity index (χ1n) is 11.8. The number of carboxylic acids is 1. The molecule has 36 heavy (non-hydrogen) atoms. The Kier molecular flexibility index (Phi) is 7.38. The van der Waals surface area contributed by atoms with Crippen molar-refractivity contribution in [1.82, 2.24) is 0 Å². The largest absolute Gasteiger partial charge is 0.493 e. The van der Waals surface area contributed by atoms with E-state index in [0.29, 0.717) is 42.9 Å². The summed E-state index contributed by atoms with van der Waals surface area (Å²) in [7, 11) is 1.52. The first kappa shape index (κ1) is 25.0. The SMILES string of the molecule is COc1ccc(C(=O)CC2(C(=O)O)Cc3ccccc3C2)cc1OCCc1cccc(CC(N)=O)c1. The van der Waals surface area contributed by atoms with Gasteiger partial charge in [0.25, 0.3) is 0 Å². The summed E-state index contributed by atoms with van der Waals surface area (Å²) in [5.41, 5.74) is 8.29. The molecule has 3 aromatic carbocycles. The number of carbonyl (C=O) groups is 3. The summed E-state index contributed by atoms with van der Waals surface area (Å²) in [5.74, 6) is -0.709. The van der Waals surface area contributed by atoms with Gasteiger partial charge in [-0.25, -0.2) is 0 Å². The van der Waals surface area contributed by atoms with Gasteiger partial charge in [0.2, 0.25) is 5.91 Å². The summed E-state index contributed by atoms with van der Waals surface area (Å²) in [6, 6.07) is 20.1. The van der Waals surface area contributed by atoms with Gasteiger partial charge in [0.05, 0.1) is 25.6 Å². The van der Waals surface area contributed by atoms with E-state index in [1.807, 2.05) is 48.5 Å². The highest BCUT2D eigenvalue weighted by Crippen LogP contribution is 2.41. The Morgan fingerprint density at radius 2 is 1.61 bits per heavy atom. The van der Waals surface area contributed by atoms with Crippen molar-refractivity contribution in [3.8, 4) is 11.5 Å². The summed E-state index contributed by atoms with van der Waals surface area (Å²) < 4.78 is 11.3. The van der Waals surface area contributed by atoms with Gasteiger partial charge in [-0.15, -0.1) is 0 Å². The van der Waals surface area contributed by atoms with Crippen LogP contribution in [0.5, 0.6) is 11.5 Å². The van der Waals surface area contributed by atoms with Crippen LogP contribution in [0, 0.1) is 5.41 Å². The number of ketones is 1. The number of hydrogen-bond acceptors (Lipinski definition) is 5. The summed E-state index contributed by atoms with van der Waals surface area (Å²) in [4.78, 5) is 36.7. The van der Waals surface area contributed by atoms with Gasteiger partial charge in [-0.2, -0.15) is 0 Å². The lowest BCUT2D eigenvalue weighted by atomic mass is 9.79. The number of Topliss-reactive ketones (excluding diaryl/α,β-unsaturated/α-hetero) is 1. The molecule has 0 saturated carbocycles. The van der Waals surface area contributed by atoms with Crippen LogP contribution in [-0.4, -0.2) is 36.5 Å². The average Bonchev–Trinajstić information content (AvgIpc) is 3.23. The van der Waals surface area contributed by atoms with E-state index in [9.17, 15) is 19.5 Å². The van der Waals surface area contributed by atoms with E-state index in [2.05, 4.69) is 0 Å². The lowest BCUT2D eigenvalue weighted by molar-refractivity contribution is -0.148. The van der Waals surface area contributed by atoms with Crippen molar-refractivity contribution >= 4 is 17.7 Å². The van der Waals surface area contributed by atoms with Crippen molar-refractivity contribution < 1.29 is 29.0 Å². The van der Waals surface area contributed by atoms with Gasteiger partial charge in [-0.1, -0.05) is 48.5 Å². The number of rotatable bonds is 11. The molecule has 3 N–H and O–H groups in total. The van der Waals surface area contributed by atoms with Crippen LogP contribution in [0.1, 0.15) is 39.0 Å². The number of hydrogen-bond donors (Lipinski definition) is 2. The summed E-state index contributed by atoms with van der Waals surface area (Å²) in [6.07, 6.45) is 1.32. The maximum absolute atomic E-state index is 13.2. The monoisotopic (exact) mass is 487 g/mol. The van der Waals surface area contributed by atoms with Gasteiger partial charge in [0.1, 0.15) is 0 Å². The fourth-order valence-electron chi connectivity index (χ4n) is 4.79.